The first-order valence-corrected chi connectivity index (χ1v) is 6.33. The molecule has 104 valence electrons. The van der Waals surface area contributed by atoms with Gasteiger partial charge in [0.25, 0.3) is 5.78 Å². The molecule has 2 rings (SSSR count). The van der Waals surface area contributed by atoms with E-state index in [0.717, 1.165) is 17.0 Å². The van der Waals surface area contributed by atoms with Crippen LogP contribution in [0.5, 0.6) is 0 Å². The van der Waals surface area contributed by atoms with Crippen molar-refractivity contribution in [3.8, 4) is 0 Å². The minimum Gasteiger partial charge on any atom is -0.284 e. The van der Waals surface area contributed by atoms with Gasteiger partial charge in [-0.05, 0) is 48.5 Å². The fraction of sp³-hybridized carbons (Fsp3) is 0.0714. The molecule has 0 saturated carbocycles. The maximum Gasteiger partial charge on any atom is 0.454 e. The fourth-order valence-corrected chi connectivity index (χ4v) is 2.29. The predicted octanol–water partition coefficient (Wildman–Crippen LogP) is 4.72. The standard InChI is InChI=1S/C14H8F4OS/c15-10-3-7-12(8-4-10)20-11-5-1-9(2-6-11)13(19)14(16,17)18/h1-8H. The van der Waals surface area contributed by atoms with Crippen LogP contribution in [-0.2, 0) is 0 Å². The van der Waals surface area contributed by atoms with Crippen molar-refractivity contribution in [1.29, 1.82) is 0 Å². The second-order valence-electron chi connectivity index (χ2n) is 3.91. The number of rotatable bonds is 3. The van der Waals surface area contributed by atoms with E-state index in [0.29, 0.717) is 4.90 Å². The van der Waals surface area contributed by atoms with Crippen LogP contribution >= 0.6 is 11.8 Å². The molecule has 0 saturated heterocycles. The number of halogens is 4. The van der Waals surface area contributed by atoms with Crippen LogP contribution < -0.4 is 0 Å². The van der Waals surface area contributed by atoms with Crippen LogP contribution in [0.4, 0.5) is 17.6 Å². The van der Waals surface area contributed by atoms with Gasteiger partial charge in [-0.25, -0.2) is 4.39 Å². The maximum absolute atomic E-state index is 12.7. The summed E-state index contributed by atoms with van der Waals surface area (Å²) in [5, 5.41) is 0. The SMILES string of the molecule is O=C(c1ccc(Sc2ccc(F)cc2)cc1)C(F)(F)F. The Bertz CT molecular complexity index is 603. The average molecular weight is 300 g/mol. The van der Waals surface area contributed by atoms with Crippen LogP contribution in [0.2, 0.25) is 0 Å². The van der Waals surface area contributed by atoms with Crippen molar-refractivity contribution in [2.24, 2.45) is 0 Å². The quantitative estimate of drug-likeness (QED) is 0.602. The predicted molar refractivity (Wildman–Crippen MR) is 67.4 cm³/mol. The second-order valence-corrected chi connectivity index (χ2v) is 5.05. The Kier molecular flexibility index (Phi) is 4.13. The molecule has 0 heterocycles. The zero-order chi connectivity index (χ0) is 14.8. The Morgan fingerprint density at radius 1 is 0.850 bits per heavy atom. The van der Waals surface area contributed by atoms with Gasteiger partial charge in [-0.2, -0.15) is 13.2 Å². The van der Waals surface area contributed by atoms with Crippen molar-refractivity contribution >= 4 is 17.5 Å². The summed E-state index contributed by atoms with van der Waals surface area (Å²) in [5.74, 6) is -2.23. The Labute approximate surface area is 116 Å². The van der Waals surface area contributed by atoms with Crippen LogP contribution in [0.3, 0.4) is 0 Å². The lowest BCUT2D eigenvalue weighted by atomic mass is 10.1. The Morgan fingerprint density at radius 2 is 1.30 bits per heavy atom. The average Bonchev–Trinajstić information content (AvgIpc) is 2.40. The van der Waals surface area contributed by atoms with Crippen LogP contribution in [0.25, 0.3) is 0 Å². The van der Waals surface area contributed by atoms with Crippen LogP contribution in [0.1, 0.15) is 10.4 Å². The topological polar surface area (TPSA) is 17.1 Å². The highest BCUT2D eigenvalue weighted by Crippen LogP contribution is 2.29. The summed E-state index contributed by atoms with van der Waals surface area (Å²) >= 11 is 1.26. The molecule has 0 atom stereocenters. The molecule has 0 spiro atoms. The third-order valence-corrected chi connectivity index (χ3v) is 3.44. The van der Waals surface area contributed by atoms with Crippen molar-refractivity contribution in [2.75, 3.05) is 0 Å². The zero-order valence-corrected chi connectivity index (χ0v) is 10.8. The van der Waals surface area contributed by atoms with Crippen LogP contribution in [0, 0.1) is 5.82 Å². The van der Waals surface area contributed by atoms with Gasteiger partial charge in [-0.1, -0.05) is 11.8 Å². The van der Waals surface area contributed by atoms with Crippen molar-refractivity contribution in [3.63, 3.8) is 0 Å². The molecule has 0 aromatic heterocycles. The molecule has 1 nitrogen and oxygen atoms in total. The molecule has 0 N–H and O–H groups in total. The van der Waals surface area contributed by atoms with Gasteiger partial charge >= 0.3 is 6.18 Å². The van der Waals surface area contributed by atoms with Gasteiger partial charge in [-0.3, -0.25) is 4.79 Å². The van der Waals surface area contributed by atoms with E-state index in [1.165, 1.54) is 36.0 Å². The first-order valence-electron chi connectivity index (χ1n) is 5.51. The molecule has 0 radical (unpaired) electrons. The molecular formula is C14H8F4OS. The number of alkyl halides is 3. The molecule has 20 heavy (non-hydrogen) atoms. The number of carbonyl (C=O) groups is 1. The first kappa shape index (κ1) is 14.6. The monoisotopic (exact) mass is 300 g/mol. The van der Waals surface area contributed by atoms with Crippen LogP contribution in [-0.4, -0.2) is 12.0 Å². The van der Waals surface area contributed by atoms with Gasteiger partial charge in [0.1, 0.15) is 5.82 Å². The number of hydrogen-bond donors (Lipinski definition) is 0. The number of benzene rings is 2. The molecule has 0 fully saturated rings. The number of Topliss-reactive ketones (excluding diaryl/α,β-unsaturated/α-hetero) is 1. The third kappa shape index (κ3) is 3.60. The highest BCUT2D eigenvalue weighted by Gasteiger charge is 2.39. The van der Waals surface area contributed by atoms with Crippen molar-refractivity contribution in [1.82, 2.24) is 0 Å². The number of ketones is 1. The smallest absolute Gasteiger partial charge is 0.284 e. The van der Waals surface area contributed by atoms with E-state index in [1.54, 1.807) is 12.1 Å². The molecule has 0 aliphatic heterocycles. The molecule has 0 unspecified atom stereocenters. The Morgan fingerprint density at radius 3 is 1.75 bits per heavy atom. The summed E-state index contributed by atoms with van der Waals surface area (Å²) in [6.45, 7) is 0. The molecule has 0 bridgehead atoms. The molecule has 0 aliphatic rings. The second kappa shape index (κ2) is 5.66. The minimum atomic E-state index is -4.87. The van der Waals surface area contributed by atoms with Crippen molar-refractivity contribution < 1.29 is 22.4 Å². The van der Waals surface area contributed by atoms with Crippen LogP contribution in [0.15, 0.2) is 58.3 Å². The Balaban J connectivity index is 2.12. The highest BCUT2D eigenvalue weighted by atomic mass is 32.2. The molecule has 0 amide bonds. The van der Waals surface area contributed by atoms with E-state index in [4.69, 9.17) is 0 Å². The van der Waals surface area contributed by atoms with Gasteiger partial charge in [0.15, 0.2) is 0 Å². The van der Waals surface area contributed by atoms with Crippen molar-refractivity contribution in [3.05, 3.63) is 59.9 Å². The maximum atomic E-state index is 12.7. The van der Waals surface area contributed by atoms with E-state index < -0.39 is 17.5 Å². The summed E-state index contributed by atoms with van der Waals surface area (Å²) < 4.78 is 49.4. The van der Waals surface area contributed by atoms with E-state index >= 15 is 0 Å². The zero-order valence-electron chi connectivity index (χ0n) is 9.95. The molecular weight excluding hydrogens is 292 g/mol. The lowest BCUT2D eigenvalue weighted by Crippen LogP contribution is -2.22. The van der Waals surface area contributed by atoms with Gasteiger partial charge in [-0.15, -0.1) is 0 Å². The number of hydrogen-bond acceptors (Lipinski definition) is 2. The van der Waals surface area contributed by atoms with Gasteiger partial charge in [0.05, 0.1) is 0 Å². The largest absolute Gasteiger partial charge is 0.454 e. The normalized spacial score (nSPS) is 11.4. The summed E-state index contributed by atoms with van der Waals surface area (Å²) in [6, 6.07) is 10.8. The van der Waals surface area contributed by atoms with E-state index in [1.807, 2.05) is 0 Å². The van der Waals surface area contributed by atoms with Crippen molar-refractivity contribution in [2.45, 2.75) is 16.0 Å². The fourth-order valence-electron chi connectivity index (χ4n) is 1.48. The first-order chi connectivity index (χ1) is 9.36. The van der Waals surface area contributed by atoms with Gasteiger partial charge in [0.2, 0.25) is 0 Å². The lowest BCUT2D eigenvalue weighted by molar-refractivity contribution is -0.0885. The third-order valence-electron chi connectivity index (χ3n) is 2.42. The highest BCUT2D eigenvalue weighted by molar-refractivity contribution is 7.99. The minimum absolute atomic E-state index is 0.361. The molecule has 6 heteroatoms. The summed E-state index contributed by atoms with van der Waals surface area (Å²) in [7, 11) is 0. The van der Waals surface area contributed by atoms with E-state index in [9.17, 15) is 22.4 Å². The van der Waals surface area contributed by atoms with E-state index in [-0.39, 0.29) is 5.82 Å². The van der Waals surface area contributed by atoms with E-state index in [2.05, 4.69) is 0 Å². The summed E-state index contributed by atoms with van der Waals surface area (Å²) in [5.41, 5.74) is -0.402. The van der Waals surface area contributed by atoms with Gasteiger partial charge < -0.3 is 0 Å². The summed E-state index contributed by atoms with van der Waals surface area (Å²) in [4.78, 5) is 12.4. The van der Waals surface area contributed by atoms with Gasteiger partial charge in [0, 0.05) is 15.4 Å². The summed E-state index contributed by atoms with van der Waals surface area (Å²) in [6.07, 6.45) is -4.87. The molecule has 2 aromatic carbocycles. The lowest BCUT2D eigenvalue weighted by Gasteiger charge is -2.06. The Hall–Kier alpha value is -1.82. The number of carbonyl (C=O) groups excluding carboxylic acids is 1. The molecule has 0 aliphatic carbocycles. The molecule has 2 aromatic rings.